The molecule has 0 saturated heterocycles. The molecule has 0 bridgehead atoms. The van der Waals surface area contributed by atoms with Crippen LogP contribution in [0.25, 0.3) is 5.69 Å². The van der Waals surface area contributed by atoms with Crippen LogP contribution in [0.4, 0.5) is 5.82 Å². The molecular weight excluding hydrogens is 210 g/mol. The van der Waals surface area contributed by atoms with E-state index in [0.717, 1.165) is 17.8 Å². The molecule has 0 aliphatic carbocycles. The molecule has 0 aliphatic rings. The third kappa shape index (κ3) is 2.49. The maximum Gasteiger partial charge on any atom is 0.127 e. The summed E-state index contributed by atoms with van der Waals surface area (Å²) in [5.41, 5.74) is 9.31. The van der Waals surface area contributed by atoms with Crippen LogP contribution in [0.2, 0.25) is 0 Å². The van der Waals surface area contributed by atoms with Gasteiger partial charge >= 0.3 is 0 Å². The Hall–Kier alpha value is -1.77. The Bertz CT molecular complexity index is 512. The maximum atomic E-state index is 6.02. The largest absolute Gasteiger partial charge is 0.384 e. The minimum atomic E-state index is 0.592. The first-order valence-electron chi connectivity index (χ1n) is 5.98. The fourth-order valence-electron chi connectivity index (χ4n) is 1.96. The molecule has 0 unspecified atom stereocenters. The maximum absolute atomic E-state index is 6.02. The molecule has 0 amide bonds. The van der Waals surface area contributed by atoms with Crippen LogP contribution in [-0.4, -0.2) is 9.78 Å². The second-order valence-electron chi connectivity index (χ2n) is 4.86. The summed E-state index contributed by atoms with van der Waals surface area (Å²) in [5.74, 6) is 1.30. The lowest BCUT2D eigenvalue weighted by molar-refractivity contribution is 0.628. The number of nitrogens with two attached hydrogens (primary N) is 1. The Morgan fingerprint density at radius 3 is 2.65 bits per heavy atom. The average Bonchev–Trinajstić information content (AvgIpc) is 2.59. The normalized spacial score (nSPS) is 11.1. The predicted octanol–water partition coefficient (Wildman–Crippen LogP) is 2.96. The Kier molecular flexibility index (Phi) is 3.18. The van der Waals surface area contributed by atoms with Crippen molar-refractivity contribution in [1.82, 2.24) is 9.78 Å². The van der Waals surface area contributed by atoms with Gasteiger partial charge in [0.1, 0.15) is 5.82 Å². The molecule has 1 heterocycles. The van der Waals surface area contributed by atoms with Crippen molar-refractivity contribution in [2.75, 3.05) is 5.73 Å². The number of nitrogen functional groups attached to an aromatic ring is 1. The fraction of sp³-hybridized carbons (Fsp3) is 0.357. The van der Waals surface area contributed by atoms with E-state index in [1.54, 1.807) is 0 Å². The molecule has 0 saturated carbocycles. The van der Waals surface area contributed by atoms with E-state index in [0.29, 0.717) is 11.7 Å². The topological polar surface area (TPSA) is 43.8 Å². The van der Waals surface area contributed by atoms with Crippen LogP contribution >= 0.6 is 0 Å². The van der Waals surface area contributed by atoms with Gasteiger partial charge < -0.3 is 5.73 Å². The standard InChI is InChI=1S/C14H19N3/c1-10(2)8-12-9-14(15)17(16-12)13-7-5-4-6-11(13)3/h4-7,9-10H,8,15H2,1-3H3. The van der Waals surface area contributed by atoms with Crippen LogP contribution in [0.3, 0.4) is 0 Å². The summed E-state index contributed by atoms with van der Waals surface area (Å²) >= 11 is 0. The van der Waals surface area contributed by atoms with E-state index in [4.69, 9.17) is 5.73 Å². The molecule has 0 aliphatic heterocycles. The van der Waals surface area contributed by atoms with Gasteiger partial charge in [0.25, 0.3) is 0 Å². The zero-order chi connectivity index (χ0) is 12.4. The van der Waals surface area contributed by atoms with Crippen molar-refractivity contribution >= 4 is 5.82 Å². The number of hydrogen-bond acceptors (Lipinski definition) is 2. The van der Waals surface area contributed by atoms with Gasteiger partial charge in [0.15, 0.2) is 0 Å². The van der Waals surface area contributed by atoms with Crippen LogP contribution in [0.15, 0.2) is 30.3 Å². The predicted molar refractivity (Wildman–Crippen MR) is 71.3 cm³/mol. The van der Waals surface area contributed by atoms with E-state index in [2.05, 4.69) is 31.9 Å². The van der Waals surface area contributed by atoms with E-state index < -0.39 is 0 Å². The second-order valence-corrected chi connectivity index (χ2v) is 4.86. The molecular formula is C14H19N3. The zero-order valence-electron chi connectivity index (χ0n) is 10.6. The van der Waals surface area contributed by atoms with Crippen molar-refractivity contribution in [2.24, 2.45) is 5.92 Å². The number of para-hydroxylation sites is 1. The minimum absolute atomic E-state index is 0.592. The lowest BCUT2D eigenvalue weighted by atomic mass is 10.1. The smallest absolute Gasteiger partial charge is 0.127 e. The average molecular weight is 229 g/mol. The summed E-state index contributed by atoms with van der Waals surface area (Å²) in [7, 11) is 0. The molecule has 0 atom stereocenters. The molecule has 3 heteroatoms. The number of aromatic nitrogens is 2. The van der Waals surface area contributed by atoms with E-state index in [-0.39, 0.29) is 0 Å². The summed E-state index contributed by atoms with van der Waals surface area (Å²) in [6.45, 7) is 6.44. The molecule has 1 aromatic carbocycles. The van der Waals surface area contributed by atoms with Crippen molar-refractivity contribution < 1.29 is 0 Å². The van der Waals surface area contributed by atoms with Crippen molar-refractivity contribution in [3.05, 3.63) is 41.6 Å². The van der Waals surface area contributed by atoms with Crippen molar-refractivity contribution in [1.29, 1.82) is 0 Å². The van der Waals surface area contributed by atoms with Gasteiger partial charge in [0.2, 0.25) is 0 Å². The second kappa shape index (κ2) is 4.62. The number of rotatable bonds is 3. The van der Waals surface area contributed by atoms with Gasteiger partial charge in [-0.15, -0.1) is 0 Å². The monoisotopic (exact) mass is 229 g/mol. The minimum Gasteiger partial charge on any atom is -0.384 e. The van der Waals surface area contributed by atoms with Crippen LogP contribution in [-0.2, 0) is 6.42 Å². The highest BCUT2D eigenvalue weighted by Gasteiger charge is 2.09. The highest BCUT2D eigenvalue weighted by Crippen LogP contribution is 2.19. The van der Waals surface area contributed by atoms with Crippen molar-refractivity contribution in [3.63, 3.8) is 0 Å². The summed E-state index contributed by atoms with van der Waals surface area (Å²) in [5, 5.41) is 4.57. The van der Waals surface area contributed by atoms with Crippen molar-refractivity contribution in [2.45, 2.75) is 27.2 Å². The first-order valence-corrected chi connectivity index (χ1v) is 5.98. The summed E-state index contributed by atoms with van der Waals surface area (Å²) in [6, 6.07) is 10.1. The number of aryl methyl sites for hydroxylation is 1. The van der Waals surface area contributed by atoms with Gasteiger partial charge in [0.05, 0.1) is 11.4 Å². The summed E-state index contributed by atoms with van der Waals surface area (Å²) < 4.78 is 1.83. The van der Waals surface area contributed by atoms with E-state index in [1.807, 2.05) is 28.9 Å². The number of benzene rings is 1. The molecule has 0 radical (unpaired) electrons. The molecule has 90 valence electrons. The molecule has 1 aromatic heterocycles. The third-order valence-corrected chi connectivity index (χ3v) is 2.75. The van der Waals surface area contributed by atoms with E-state index in [9.17, 15) is 0 Å². The van der Waals surface area contributed by atoms with Crippen LogP contribution in [0.1, 0.15) is 25.1 Å². The molecule has 0 fully saturated rings. The Morgan fingerprint density at radius 2 is 2.00 bits per heavy atom. The molecule has 2 rings (SSSR count). The molecule has 2 N–H and O–H groups in total. The first-order chi connectivity index (χ1) is 8.08. The quantitative estimate of drug-likeness (QED) is 0.879. The zero-order valence-corrected chi connectivity index (χ0v) is 10.6. The Balaban J connectivity index is 2.40. The SMILES string of the molecule is Cc1ccccc1-n1nc(CC(C)C)cc1N. The van der Waals surface area contributed by atoms with Gasteiger partial charge in [-0.2, -0.15) is 5.10 Å². The first kappa shape index (κ1) is 11.7. The van der Waals surface area contributed by atoms with Gasteiger partial charge in [-0.3, -0.25) is 0 Å². The van der Waals surface area contributed by atoms with E-state index >= 15 is 0 Å². The lowest BCUT2D eigenvalue weighted by Gasteiger charge is -2.07. The van der Waals surface area contributed by atoms with Crippen molar-refractivity contribution in [3.8, 4) is 5.69 Å². The Morgan fingerprint density at radius 1 is 1.29 bits per heavy atom. The van der Waals surface area contributed by atoms with Crippen LogP contribution < -0.4 is 5.73 Å². The molecule has 17 heavy (non-hydrogen) atoms. The lowest BCUT2D eigenvalue weighted by Crippen LogP contribution is -2.04. The number of hydrogen-bond donors (Lipinski definition) is 1. The summed E-state index contributed by atoms with van der Waals surface area (Å²) in [6.07, 6.45) is 0.961. The highest BCUT2D eigenvalue weighted by molar-refractivity contribution is 5.47. The van der Waals surface area contributed by atoms with Crippen LogP contribution in [0.5, 0.6) is 0 Å². The molecule has 0 spiro atoms. The number of anilines is 1. The number of nitrogens with zero attached hydrogens (tertiary/aromatic N) is 2. The van der Waals surface area contributed by atoms with Gasteiger partial charge in [-0.1, -0.05) is 32.0 Å². The van der Waals surface area contributed by atoms with Gasteiger partial charge in [-0.05, 0) is 30.9 Å². The Labute approximate surface area is 102 Å². The third-order valence-electron chi connectivity index (χ3n) is 2.75. The van der Waals surface area contributed by atoms with E-state index in [1.165, 1.54) is 5.56 Å². The van der Waals surface area contributed by atoms with Gasteiger partial charge in [0, 0.05) is 6.07 Å². The fourth-order valence-corrected chi connectivity index (χ4v) is 1.96. The molecule has 2 aromatic rings. The van der Waals surface area contributed by atoms with Crippen LogP contribution in [0, 0.1) is 12.8 Å². The molecule has 3 nitrogen and oxygen atoms in total. The summed E-state index contributed by atoms with van der Waals surface area (Å²) in [4.78, 5) is 0. The van der Waals surface area contributed by atoms with Gasteiger partial charge in [-0.25, -0.2) is 4.68 Å². The highest BCUT2D eigenvalue weighted by atomic mass is 15.3.